The van der Waals surface area contributed by atoms with Crippen LogP contribution in [0.5, 0.6) is 5.75 Å². The van der Waals surface area contributed by atoms with Crippen LogP contribution in [0.1, 0.15) is 24.8 Å². The second-order valence-electron chi connectivity index (χ2n) is 6.23. The molecule has 1 unspecified atom stereocenters. The zero-order valence-corrected chi connectivity index (χ0v) is 14.2. The fraction of sp³-hybridized carbons (Fsp3) is 0.474. The minimum absolute atomic E-state index is 0.519. The zero-order chi connectivity index (χ0) is 15.9. The molecule has 0 saturated heterocycles. The van der Waals surface area contributed by atoms with Gasteiger partial charge in [0, 0.05) is 6.54 Å². The highest BCUT2D eigenvalue weighted by atomic mass is 16.5. The average molecular weight is 300 g/mol. The molecule has 0 amide bonds. The Hall–Kier alpha value is -1.58. The molecule has 2 aromatic carbocycles. The average Bonchev–Trinajstić information content (AvgIpc) is 2.53. The number of nitrogens with zero attached hydrogens (tertiary/aromatic N) is 1. The molecule has 0 radical (unpaired) electrons. The molecule has 1 N–H and O–H groups in total. The van der Waals surface area contributed by atoms with Gasteiger partial charge in [-0.2, -0.15) is 0 Å². The molecule has 0 spiro atoms. The van der Waals surface area contributed by atoms with E-state index in [0.717, 1.165) is 25.4 Å². The molecule has 1 atom stereocenters. The van der Waals surface area contributed by atoms with E-state index in [1.807, 2.05) is 6.07 Å². The number of benzene rings is 2. The lowest BCUT2D eigenvalue weighted by Gasteiger charge is -2.15. The van der Waals surface area contributed by atoms with Crippen molar-refractivity contribution in [2.75, 3.05) is 40.8 Å². The maximum absolute atomic E-state index is 5.28. The SMILES string of the molecule is COc1ccc2cc(C(C)CNCCCN(C)C)ccc2c1. The lowest BCUT2D eigenvalue weighted by molar-refractivity contribution is 0.393. The van der Waals surface area contributed by atoms with Crippen LogP contribution in [0.25, 0.3) is 10.8 Å². The second-order valence-corrected chi connectivity index (χ2v) is 6.23. The van der Waals surface area contributed by atoms with Crippen LogP contribution in [0.4, 0.5) is 0 Å². The van der Waals surface area contributed by atoms with Crippen LogP contribution in [0.3, 0.4) is 0 Å². The normalized spacial score (nSPS) is 12.8. The number of rotatable bonds is 8. The molecule has 0 heterocycles. The fourth-order valence-electron chi connectivity index (χ4n) is 2.63. The van der Waals surface area contributed by atoms with Crippen molar-refractivity contribution in [1.29, 1.82) is 0 Å². The van der Waals surface area contributed by atoms with Gasteiger partial charge in [-0.05, 0) is 68.0 Å². The number of hydrogen-bond donors (Lipinski definition) is 1. The molecule has 0 aliphatic rings. The van der Waals surface area contributed by atoms with Crippen molar-refractivity contribution in [3.05, 3.63) is 42.0 Å². The summed E-state index contributed by atoms with van der Waals surface area (Å²) in [5, 5.41) is 6.07. The van der Waals surface area contributed by atoms with Gasteiger partial charge in [0.1, 0.15) is 5.75 Å². The standard InChI is InChI=1S/C19H28N2O/c1-15(14-20-10-5-11-21(2)3)16-6-7-18-13-19(22-4)9-8-17(18)12-16/h6-9,12-13,15,20H,5,10-11,14H2,1-4H3. The Morgan fingerprint density at radius 2 is 1.82 bits per heavy atom. The van der Waals surface area contributed by atoms with E-state index in [9.17, 15) is 0 Å². The third kappa shape index (κ3) is 4.72. The van der Waals surface area contributed by atoms with Crippen molar-refractivity contribution in [2.45, 2.75) is 19.3 Å². The highest BCUT2D eigenvalue weighted by molar-refractivity contribution is 5.84. The summed E-state index contributed by atoms with van der Waals surface area (Å²) in [6.45, 7) is 5.52. The lowest BCUT2D eigenvalue weighted by Crippen LogP contribution is -2.24. The molecule has 0 aliphatic carbocycles. The molecule has 0 bridgehead atoms. The molecule has 0 aliphatic heterocycles. The molecular formula is C19H28N2O. The summed E-state index contributed by atoms with van der Waals surface area (Å²) in [5.41, 5.74) is 1.39. The molecule has 0 fully saturated rings. The van der Waals surface area contributed by atoms with Gasteiger partial charge in [0.2, 0.25) is 0 Å². The first-order chi connectivity index (χ1) is 10.6. The first kappa shape index (κ1) is 16.8. The minimum Gasteiger partial charge on any atom is -0.497 e. The molecule has 120 valence electrons. The van der Waals surface area contributed by atoms with E-state index in [2.05, 4.69) is 61.6 Å². The predicted octanol–water partition coefficient (Wildman–Crippen LogP) is 3.49. The Bertz CT molecular complexity index is 595. The highest BCUT2D eigenvalue weighted by Gasteiger charge is 2.06. The van der Waals surface area contributed by atoms with Gasteiger partial charge in [0.25, 0.3) is 0 Å². The van der Waals surface area contributed by atoms with Crippen molar-refractivity contribution < 1.29 is 4.74 Å². The summed E-state index contributed by atoms with van der Waals surface area (Å²) in [4.78, 5) is 2.22. The van der Waals surface area contributed by atoms with Crippen molar-refractivity contribution >= 4 is 10.8 Å². The van der Waals surface area contributed by atoms with Crippen molar-refractivity contribution in [1.82, 2.24) is 10.2 Å². The van der Waals surface area contributed by atoms with Crippen LogP contribution >= 0.6 is 0 Å². The van der Waals surface area contributed by atoms with Crippen molar-refractivity contribution in [2.24, 2.45) is 0 Å². The summed E-state index contributed by atoms with van der Waals surface area (Å²) in [7, 11) is 5.94. The van der Waals surface area contributed by atoms with Crippen LogP contribution in [0.15, 0.2) is 36.4 Å². The van der Waals surface area contributed by atoms with E-state index < -0.39 is 0 Å². The number of ether oxygens (including phenoxy) is 1. The lowest BCUT2D eigenvalue weighted by atomic mass is 9.97. The third-order valence-corrected chi connectivity index (χ3v) is 4.05. The van der Waals surface area contributed by atoms with Gasteiger partial charge in [-0.3, -0.25) is 0 Å². The molecule has 3 heteroatoms. The molecule has 2 rings (SSSR count). The Labute approximate surface area is 134 Å². The van der Waals surface area contributed by atoms with Gasteiger partial charge in [-0.1, -0.05) is 31.2 Å². The van der Waals surface area contributed by atoms with Gasteiger partial charge < -0.3 is 15.0 Å². The fourth-order valence-corrected chi connectivity index (χ4v) is 2.63. The number of nitrogens with one attached hydrogen (secondary N) is 1. The molecule has 2 aromatic rings. The van der Waals surface area contributed by atoms with Gasteiger partial charge in [-0.15, -0.1) is 0 Å². The molecule has 0 saturated carbocycles. The minimum atomic E-state index is 0.519. The zero-order valence-electron chi connectivity index (χ0n) is 14.2. The predicted molar refractivity (Wildman–Crippen MR) is 95.0 cm³/mol. The van der Waals surface area contributed by atoms with Crippen LogP contribution in [0, 0.1) is 0 Å². The van der Waals surface area contributed by atoms with Crippen LogP contribution in [0.2, 0.25) is 0 Å². The first-order valence-electron chi connectivity index (χ1n) is 8.03. The summed E-state index contributed by atoms with van der Waals surface area (Å²) >= 11 is 0. The van der Waals surface area contributed by atoms with Gasteiger partial charge >= 0.3 is 0 Å². The van der Waals surface area contributed by atoms with E-state index >= 15 is 0 Å². The quantitative estimate of drug-likeness (QED) is 0.755. The van der Waals surface area contributed by atoms with E-state index in [4.69, 9.17) is 4.74 Å². The van der Waals surface area contributed by atoms with Crippen LogP contribution in [-0.2, 0) is 0 Å². The number of methoxy groups -OCH3 is 1. The monoisotopic (exact) mass is 300 g/mol. The maximum Gasteiger partial charge on any atom is 0.119 e. The Morgan fingerprint density at radius 1 is 1.09 bits per heavy atom. The van der Waals surface area contributed by atoms with Crippen LogP contribution in [-0.4, -0.2) is 45.7 Å². The summed E-state index contributed by atoms with van der Waals surface area (Å²) in [5.74, 6) is 1.43. The Morgan fingerprint density at radius 3 is 2.55 bits per heavy atom. The Kier molecular flexibility index (Phi) is 6.22. The topological polar surface area (TPSA) is 24.5 Å². The van der Waals surface area contributed by atoms with E-state index in [-0.39, 0.29) is 0 Å². The first-order valence-corrected chi connectivity index (χ1v) is 8.03. The molecule has 22 heavy (non-hydrogen) atoms. The van der Waals surface area contributed by atoms with E-state index in [1.165, 1.54) is 22.8 Å². The summed E-state index contributed by atoms with van der Waals surface area (Å²) < 4.78 is 5.28. The molecule has 0 aromatic heterocycles. The van der Waals surface area contributed by atoms with Gasteiger partial charge in [0.15, 0.2) is 0 Å². The number of hydrogen-bond acceptors (Lipinski definition) is 3. The molecule has 3 nitrogen and oxygen atoms in total. The maximum atomic E-state index is 5.28. The van der Waals surface area contributed by atoms with Crippen molar-refractivity contribution in [3.63, 3.8) is 0 Å². The molecular weight excluding hydrogens is 272 g/mol. The summed E-state index contributed by atoms with van der Waals surface area (Å²) in [6.07, 6.45) is 1.19. The highest BCUT2D eigenvalue weighted by Crippen LogP contribution is 2.24. The summed E-state index contributed by atoms with van der Waals surface area (Å²) in [6, 6.07) is 13.0. The van der Waals surface area contributed by atoms with E-state index in [1.54, 1.807) is 7.11 Å². The number of fused-ring (bicyclic) bond motifs is 1. The van der Waals surface area contributed by atoms with E-state index in [0.29, 0.717) is 5.92 Å². The third-order valence-electron chi connectivity index (χ3n) is 4.05. The van der Waals surface area contributed by atoms with Gasteiger partial charge in [-0.25, -0.2) is 0 Å². The van der Waals surface area contributed by atoms with Crippen LogP contribution < -0.4 is 10.1 Å². The second kappa shape index (κ2) is 8.16. The largest absolute Gasteiger partial charge is 0.497 e. The smallest absolute Gasteiger partial charge is 0.119 e. The Balaban J connectivity index is 1.92. The van der Waals surface area contributed by atoms with Crippen molar-refractivity contribution in [3.8, 4) is 5.75 Å². The van der Waals surface area contributed by atoms with Gasteiger partial charge in [0.05, 0.1) is 7.11 Å².